The number of nitrogens with two attached hydrogens (primary N) is 1. The lowest BCUT2D eigenvalue weighted by atomic mass is 10.1. The Hall–Kier alpha value is -1.20. The van der Waals surface area contributed by atoms with Crippen molar-refractivity contribution in [2.24, 2.45) is 0 Å². The zero-order valence-electron chi connectivity index (χ0n) is 8.04. The van der Waals surface area contributed by atoms with Crippen LogP contribution in [0.25, 0.3) is 0 Å². The van der Waals surface area contributed by atoms with Gasteiger partial charge in [0.15, 0.2) is 0 Å². The van der Waals surface area contributed by atoms with Gasteiger partial charge < -0.3 is 5.73 Å². The number of nitrogen functional groups attached to an aromatic ring is 1. The van der Waals surface area contributed by atoms with Crippen molar-refractivity contribution in [1.82, 2.24) is 0 Å². The minimum Gasteiger partial charge on any atom is -0.398 e. The highest BCUT2D eigenvalue weighted by Gasteiger charge is 2.16. The average molecular weight is 300 g/mol. The molecule has 0 fully saturated rings. The predicted molar refractivity (Wildman–Crippen MR) is 66.3 cm³/mol. The van der Waals surface area contributed by atoms with E-state index in [9.17, 15) is 9.18 Å². The van der Waals surface area contributed by atoms with Crippen LogP contribution >= 0.6 is 27.3 Å². The van der Waals surface area contributed by atoms with Gasteiger partial charge in [-0.15, -0.1) is 11.3 Å². The molecule has 0 saturated heterocycles. The SMILES string of the molecule is Nc1cc(F)ccc1C(=O)c1sccc1Br. The molecule has 2 nitrogen and oxygen atoms in total. The Morgan fingerprint density at radius 1 is 1.38 bits per heavy atom. The minimum atomic E-state index is -0.445. The molecule has 2 aromatic rings. The van der Waals surface area contributed by atoms with E-state index in [0.29, 0.717) is 10.4 Å². The van der Waals surface area contributed by atoms with Crippen molar-refractivity contribution in [1.29, 1.82) is 0 Å². The lowest BCUT2D eigenvalue weighted by Crippen LogP contribution is -2.04. The lowest BCUT2D eigenvalue weighted by molar-refractivity contribution is 0.104. The molecule has 0 spiro atoms. The Bertz CT molecular complexity index is 553. The largest absolute Gasteiger partial charge is 0.398 e. The first kappa shape index (κ1) is 11.3. The molecular weight excluding hydrogens is 293 g/mol. The summed E-state index contributed by atoms with van der Waals surface area (Å²) in [7, 11) is 0. The maximum Gasteiger partial charge on any atom is 0.206 e. The van der Waals surface area contributed by atoms with Crippen LogP contribution in [0.3, 0.4) is 0 Å². The molecule has 2 rings (SSSR count). The number of benzene rings is 1. The van der Waals surface area contributed by atoms with Gasteiger partial charge in [0, 0.05) is 15.7 Å². The molecule has 82 valence electrons. The predicted octanol–water partition coefficient (Wildman–Crippen LogP) is 3.46. The minimum absolute atomic E-state index is 0.158. The van der Waals surface area contributed by atoms with Crippen LogP contribution in [-0.4, -0.2) is 5.78 Å². The van der Waals surface area contributed by atoms with Crippen LogP contribution in [0.4, 0.5) is 10.1 Å². The first-order valence-corrected chi connectivity index (χ1v) is 6.09. The number of hydrogen-bond acceptors (Lipinski definition) is 3. The molecule has 1 heterocycles. The van der Waals surface area contributed by atoms with E-state index < -0.39 is 5.82 Å². The molecule has 0 radical (unpaired) electrons. The Kier molecular flexibility index (Phi) is 3.07. The van der Waals surface area contributed by atoms with Gasteiger partial charge in [0.1, 0.15) is 5.82 Å². The van der Waals surface area contributed by atoms with Crippen molar-refractivity contribution in [3.8, 4) is 0 Å². The Balaban J connectivity index is 2.46. The van der Waals surface area contributed by atoms with E-state index >= 15 is 0 Å². The van der Waals surface area contributed by atoms with Crippen molar-refractivity contribution >= 4 is 38.7 Å². The first-order valence-electron chi connectivity index (χ1n) is 4.42. The van der Waals surface area contributed by atoms with Crippen molar-refractivity contribution in [3.63, 3.8) is 0 Å². The fourth-order valence-electron chi connectivity index (χ4n) is 1.32. The molecule has 1 aromatic heterocycles. The number of anilines is 1. The van der Waals surface area contributed by atoms with E-state index in [2.05, 4.69) is 15.9 Å². The number of carbonyl (C=O) groups is 1. The zero-order chi connectivity index (χ0) is 11.7. The van der Waals surface area contributed by atoms with E-state index in [1.54, 1.807) is 11.4 Å². The summed E-state index contributed by atoms with van der Waals surface area (Å²) in [4.78, 5) is 12.6. The van der Waals surface area contributed by atoms with Gasteiger partial charge in [0.2, 0.25) is 5.78 Å². The van der Waals surface area contributed by atoms with Crippen LogP contribution in [0.2, 0.25) is 0 Å². The van der Waals surface area contributed by atoms with E-state index in [1.165, 1.54) is 23.5 Å². The van der Waals surface area contributed by atoms with Crippen LogP contribution in [0, 0.1) is 5.82 Å². The molecule has 16 heavy (non-hydrogen) atoms. The second-order valence-corrected chi connectivity index (χ2v) is 4.93. The summed E-state index contributed by atoms with van der Waals surface area (Å²) in [5.41, 5.74) is 6.09. The van der Waals surface area contributed by atoms with Crippen LogP contribution in [-0.2, 0) is 0 Å². The quantitative estimate of drug-likeness (QED) is 0.682. The second-order valence-electron chi connectivity index (χ2n) is 3.16. The standard InChI is InChI=1S/C11H7BrFNOS/c12-8-3-4-16-11(8)10(15)7-2-1-6(13)5-9(7)14/h1-5H,14H2. The number of ketones is 1. The molecule has 0 aliphatic heterocycles. The van der Waals surface area contributed by atoms with Crippen molar-refractivity contribution in [2.45, 2.75) is 0 Å². The maximum absolute atomic E-state index is 12.8. The van der Waals surface area contributed by atoms with E-state index in [1.807, 2.05) is 0 Å². The average Bonchev–Trinajstić information content (AvgIpc) is 2.63. The molecule has 1 aromatic carbocycles. The third kappa shape index (κ3) is 2.01. The fourth-order valence-corrected chi connectivity index (χ4v) is 2.82. The third-order valence-electron chi connectivity index (χ3n) is 2.08. The van der Waals surface area contributed by atoms with Crippen molar-refractivity contribution < 1.29 is 9.18 Å². The molecule has 2 N–H and O–H groups in total. The smallest absolute Gasteiger partial charge is 0.206 e. The first-order chi connectivity index (χ1) is 7.59. The Morgan fingerprint density at radius 3 is 2.69 bits per heavy atom. The highest BCUT2D eigenvalue weighted by Crippen LogP contribution is 2.27. The van der Waals surface area contributed by atoms with Gasteiger partial charge in [-0.05, 0) is 45.6 Å². The van der Waals surface area contributed by atoms with Crippen LogP contribution in [0.15, 0.2) is 34.1 Å². The number of halogens is 2. The lowest BCUT2D eigenvalue weighted by Gasteiger charge is -2.03. The van der Waals surface area contributed by atoms with Gasteiger partial charge in [-0.1, -0.05) is 0 Å². The molecule has 0 atom stereocenters. The molecular formula is C11H7BrFNOS. The van der Waals surface area contributed by atoms with Crippen LogP contribution < -0.4 is 5.73 Å². The topological polar surface area (TPSA) is 43.1 Å². The summed E-state index contributed by atoms with van der Waals surface area (Å²) in [5.74, 6) is -0.640. The number of hydrogen-bond donors (Lipinski definition) is 1. The molecule has 5 heteroatoms. The van der Waals surface area contributed by atoms with Gasteiger partial charge in [0.05, 0.1) is 4.88 Å². The summed E-state index contributed by atoms with van der Waals surface area (Å²) in [6.45, 7) is 0. The van der Waals surface area contributed by atoms with E-state index in [-0.39, 0.29) is 11.5 Å². The summed E-state index contributed by atoms with van der Waals surface area (Å²) >= 11 is 4.60. The van der Waals surface area contributed by atoms with Crippen LogP contribution in [0.1, 0.15) is 15.2 Å². The molecule has 0 bridgehead atoms. The Labute approximate surface area is 104 Å². The zero-order valence-corrected chi connectivity index (χ0v) is 10.4. The van der Waals surface area contributed by atoms with Crippen molar-refractivity contribution in [2.75, 3.05) is 5.73 Å². The number of thiophene rings is 1. The molecule has 0 aliphatic carbocycles. The summed E-state index contributed by atoms with van der Waals surface area (Å²) in [6.07, 6.45) is 0. The summed E-state index contributed by atoms with van der Waals surface area (Å²) in [6, 6.07) is 5.57. The summed E-state index contributed by atoms with van der Waals surface area (Å²) in [5, 5.41) is 1.80. The van der Waals surface area contributed by atoms with E-state index in [4.69, 9.17) is 5.73 Å². The monoisotopic (exact) mass is 299 g/mol. The molecule has 0 aliphatic rings. The Morgan fingerprint density at radius 2 is 2.12 bits per heavy atom. The van der Waals surface area contributed by atoms with Crippen molar-refractivity contribution in [3.05, 3.63) is 50.4 Å². The molecule has 0 unspecified atom stereocenters. The number of rotatable bonds is 2. The van der Waals surface area contributed by atoms with Gasteiger partial charge in [-0.25, -0.2) is 4.39 Å². The molecule has 0 saturated carbocycles. The fraction of sp³-hybridized carbons (Fsp3) is 0. The molecule has 0 amide bonds. The maximum atomic E-state index is 12.8. The highest BCUT2D eigenvalue weighted by atomic mass is 79.9. The second kappa shape index (κ2) is 4.35. The van der Waals surface area contributed by atoms with Gasteiger partial charge in [-0.3, -0.25) is 4.79 Å². The van der Waals surface area contributed by atoms with Gasteiger partial charge in [0.25, 0.3) is 0 Å². The third-order valence-corrected chi connectivity index (χ3v) is 3.92. The van der Waals surface area contributed by atoms with E-state index in [0.717, 1.165) is 10.5 Å². The normalized spacial score (nSPS) is 10.4. The van der Waals surface area contributed by atoms with Gasteiger partial charge >= 0.3 is 0 Å². The summed E-state index contributed by atoms with van der Waals surface area (Å²) < 4.78 is 13.6. The highest BCUT2D eigenvalue weighted by molar-refractivity contribution is 9.10. The van der Waals surface area contributed by atoms with Gasteiger partial charge in [-0.2, -0.15) is 0 Å². The van der Waals surface area contributed by atoms with Crippen LogP contribution in [0.5, 0.6) is 0 Å². The number of carbonyl (C=O) groups excluding carboxylic acids is 1.